The maximum atomic E-state index is 11.4. The molecule has 0 aromatic heterocycles. The maximum Gasteiger partial charge on any atom is 0.410 e. The van der Waals surface area contributed by atoms with Crippen molar-refractivity contribution >= 4 is 6.09 Å². The smallest absolute Gasteiger partial charge is 0.410 e. The summed E-state index contributed by atoms with van der Waals surface area (Å²) in [5, 5.41) is 8.50. The second-order valence-corrected chi connectivity index (χ2v) is 3.50. The molecular formula is C9H17NO4. The van der Waals surface area contributed by atoms with E-state index in [2.05, 4.69) is 0 Å². The first kappa shape index (κ1) is 11.3. The van der Waals surface area contributed by atoms with Crippen LogP contribution in [0, 0.1) is 0 Å². The summed E-state index contributed by atoms with van der Waals surface area (Å²) in [4.78, 5) is 13.0. The third-order valence-corrected chi connectivity index (χ3v) is 1.99. The van der Waals surface area contributed by atoms with Crippen molar-refractivity contribution in [2.75, 3.05) is 26.3 Å². The number of hydrogen-bond acceptors (Lipinski definition) is 4. The van der Waals surface area contributed by atoms with Crippen LogP contribution in [0.1, 0.15) is 13.8 Å². The van der Waals surface area contributed by atoms with E-state index in [9.17, 15) is 4.79 Å². The molecule has 1 rings (SSSR count). The van der Waals surface area contributed by atoms with E-state index in [1.807, 2.05) is 13.8 Å². The van der Waals surface area contributed by atoms with Crippen LogP contribution in [0.25, 0.3) is 0 Å². The summed E-state index contributed by atoms with van der Waals surface area (Å²) < 4.78 is 10.3. The second-order valence-electron chi connectivity index (χ2n) is 3.50. The van der Waals surface area contributed by atoms with Crippen molar-refractivity contribution in [2.24, 2.45) is 0 Å². The van der Waals surface area contributed by atoms with E-state index in [1.54, 1.807) is 4.90 Å². The highest BCUT2D eigenvalue weighted by atomic mass is 16.6. The van der Waals surface area contributed by atoms with Gasteiger partial charge < -0.3 is 19.5 Å². The zero-order chi connectivity index (χ0) is 10.6. The number of nitrogens with zero attached hydrogens (tertiary/aromatic N) is 1. The van der Waals surface area contributed by atoms with Crippen molar-refractivity contribution in [2.45, 2.75) is 26.1 Å². The van der Waals surface area contributed by atoms with Crippen molar-refractivity contribution in [3.05, 3.63) is 0 Å². The highest BCUT2D eigenvalue weighted by molar-refractivity contribution is 5.67. The fraction of sp³-hybridized carbons (Fsp3) is 0.889. The van der Waals surface area contributed by atoms with Gasteiger partial charge in [0.25, 0.3) is 0 Å². The first-order valence-corrected chi connectivity index (χ1v) is 4.81. The Balaban J connectivity index is 2.38. The number of rotatable bonds is 2. The third-order valence-electron chi connectivity index (χ3n) is 1.99. The number of hydrogen-bond donors (Lipinski definition) is 1. The van der Waals surface area contributed by atoms with Crippen LogP contribution in [-0.2, 0) is 9.47 Å². The van der Waals surface area contributed by atoms with Gasteiger partial charge in [-0.05, 0) is 13.8 Å². The topological polar surface area (TPSA) is 59.0 Å². The Hall–Kier alpha value is -0.810. The Morgan fingerprint density at radius 1 is 1.50 bits per heavy atom. The number of ether oxygens (including phenoxy) is 2. The fourth-order valence-corrected chi connectivity index (χ4v) is 1.55. The molecule has 14 heavy (non-hydrogen) atoms. The lowest BCUT2D eigenvalue weighted by molar-refractivity contribution is -0.0645. The zero-order valence-corrected chi connectivity index (χ0v) is 8.60. The van der Waals surface area contributed by atoms with Gasteiger partial charge in [0.15, 0.2) is 0 Å². The minimum absolute atomic E-state index is 0.0421. The molecule has 5 nitrogen and oxygen atoms in total. The average molecular weight is 203 g/mol. The molecule has 2 atom stereocenters. The van der Waals surface area contributed by atoms with Crippen molar-refractivity contribution in [3.8, 4) is 0 Å². The molecule has 0 radical (unpaired) electrons. The van der Waals surface area contributed by atoms with Crippen LogP contribution in [0.15, 0.2) is 0 Å². The number of amides is 1. The minimum Gasteiger partial charge on any atom is -0.447 e. The maximum absolute atomic E-state index is 11.4. The summed E-state index contributed by atoms with van der Waals surface area (Å²) >= 11 is 0. The fourth-order valence-electron chi connectivity index (χ4n) is 1.55. The van der Waals surface area contributed by atoms with E-state index >= 15 is 0 Å². The standard InChI is InChI=1S/C9H17NO4/c1-7-5-10(6-8(2)14-7)9(12)13-4-3-11/h7-8,11H,3-6H2,1-2H3/t7-,8+. The van der Waals surface area contributed by atoms with Crippen LogP contribution in [0.5, 0.6) is 0 Å². The van der Waals surface area contributed by atoms with Gasteiger partial charge in [0.2, 0.25) is 0 Å². The zero-order valence-electron chi connectivity index (χ0n) is 8.60. The van der Waals surface area contributed by atoms with Crippen LogP contribution < -0.4 is 0 Å². The van der Waals surface area contributed by atoms with E-state index in [-0.39, 0.29) is 31.5 Å². The van der Waals surface area contributed by atoms with Crippen LogP contribution in [0.4, 0.5) is 4.79 Å². The Morgan fingerprint density at radius 2 is 2.07 bits per heavy atom. The van der Waals surface area contributed by atoms with Crippen molar-refractivity contribution < 1.29 is 19.4 Å². The summed E-state index contributed by atoms with van der Waals surface area (Å²) in [6, 6.07) is 0. The van der Waals surface area contributed by atoms with Gasteiger partial charge in [-0.1, -0.05) is 0 Å². The number of carbonyl (C=O) groups excluding carboxylic acids is 1. The number of morpholine rings is 1. The molecule has 5 heteroatoms. The van der Waals surface area contributed by atoms with Gasteiger partial charge in [-0.3, -0.25) is 0 Å². The van der Waals surface area contributed by atoms with Crippen LogP contribution in [0.3, 0.4) is 0 Å². The lowest BCUT2D eigenvalue weighted by Gasteiger charge is -2.34. The van der Waals surface area contributed by atoms with Gasteiger partial charge in [0.05, 0.1) is 31.9 Å². The molecule has 0 aromatic carbocycles. The molecule has 1 fully saturated rings. The molecule has 0 aromatic rings. The lowest BCUT2D eigenvalue weighted by Crippen LogP contribution is -2.48. The molecule has 0 saturated carbocycles. The number of aliphatic hydroxyl groups is 1. The lowest BCUT2D eigenvalue weighted by atomic mass is 10.2. The number of carbonyl (C=O) groups is 1. The van der Waals surface area contributed by atoms with E-state index in [0.29, 0.717) is 13.1 Å². The Kier molecular flexibility index (Phi) is 4.16. The predicted octanol–water partition coefficient (Wildman–Crippen LogP) is 0.224. The van der Waals surface area contributed by atoms with Crippen LogP contribution in [-0.4, -0.2) is 54.6 Å². The monoisotopic (exact) mass is 203 g/mol. The van der Waals surface area contributed by atoms with E-state index in [1.165, 1.54) is 0 Å². The summed E-state index contributed by atoms with van der Waals surface area (Å²) in [5.41, 5.74) is 0. The molecule has 1 N–H and O–H groups in total. The minimum atomic E-state index is -0.374. The van der Waals surface area contributed by atoms with Gasteiger partial charge in [-0.15, -0.1) is 0 Å². The van der Waals surface area contributed by atoms with Crippen molar-refractivity contribution in [1.82, 2.24) is 4.90 Å². The molecule has 0 aliphatic carbocycles. The second kappa shape index (κ2) is 5.17. The average Bonchev–Trinajstić information content (AvgIpc) is 2.12. The van der Waals surface area contributed by atoms with Gasteiger partial charge >= 0.3 is 6.09 Å². The summed E-state index contributed by atoms with van der Waals surface area (Å²) in [6.07, 6.45) is -0.290. The molecule has 82 valence electrons. The Bertz CT molecular complexity index is 187. The Labute approximate surface area is 83.6 Å². The molecule has 1 amide bonds. The van der Waals surface area contributed by atoms with Crippen molar-refractivity contribution in [3.63, 3.8) is 0 Å². The third kappa shape index (κ3) is 3.16. The van der Waals surface area contributed by atoms with Crippen LogP contribution in [0.2, 0.25) is 0 Å². The SMILES string of the molecule is C[C@@H]1CN(C(=O)OCCO)C[C@H](C)O1. The molecule has 1 saturated heterocycles. The van der Waals surface area contributed by atoms with Gasteiger partial charge in [-0.25, -0.2) is 4.79 Å². The summed E-state index contributed by atoms with van der Waals surface area (Å²) in [5.74, 6) is 0. The molecule has 0 spiro atoms. The molecule has 0 unspecified atom stereocenters. The number of aliphatic hydroxyl groups excluding tert-OH is 1. The van der Waals surface area contributed by atoms with E-state index in [0.717, 1.165) is 0 Å². The normalized spacial score (nSPS) is 27.5. The van der Waals surface area contributed by atoms with Crippen molar-refractivity contribution in [1.29, 1.82) is 0 Å². The quantitative estimate of drug-likeness (QED) is 0.697. The summed E-state index contributed by atoms with van der Waals surface area (Å²) in [7, 11) is 0. The molecule has 0 bridgehead atoms. The molecule has 1 aliphatic heterocycles. The van der Waals surface area contributed by atoms with E-state index in [4.69, 9.17) is 14.6 Å². The largest absolute Gasteiger partial charge is 0.447 e. The molecule has 1 aliphatic rings. The van der Waals surface area contributed by atoms with Gasteiger partial charge in [0, 0.05) is 0 Å². The van der Waals surface area contributed by atoms with Gasteiger partial charge in [-0.2, -0.15) is 0 Å². The molecular weight excluding hydrogens is 186 g/mol. The molecule has 1 heterocycles. The Morgan fingerprint density at radius 3 is 2.57 bits per heavy atom. The predicted molar refractivity (Wildman–Crippen MR) is 50.0 cm³/mol. The highest BCUT2D eigenvalue weighted by Crippen LogP contribution is 2.11. The summed E-state index contributed by atoms with van der Waals surface area (Å²) in [6.45, 7) is 4.85. The van der Waals surface area contributed by atoms with Gasteiger partial charge in [0.1, 0.15) is 6.61 Å². The van der Waals surface area contributed by atoms with E-state index < -0.39 is 0 Å². The first-order valence-electron chi connectivity index (χ1n) is 4.81. The highest BCUT2D eigenvalue weighted by Gasteiger charge is 2.26. The van der Waals surface area contributed by atoms with Crippen LogP contribution >= 0.6 is 0 Å². The first-order chi connectivity index (χ1) is 6.63.